The maximum absolute atomic E-state index is 10.6. The number of hydrogen-bond acceptors (Lipinski definition) is 2. The molecule has 0 aromatic rings. The lowest BCUT2D eigenvalue weighted by Gasteiger charge is -2.10. The summed E-state index contributed by atoms with van der Waals surface area (Å²) in [5.74, 6) is -0.572. The average molecular weight is 185 g/mol. The molecule has 0 aromatic carbocycles. The molecule has 0 fully saturated rings. The number of hydrogen-bond donors (Lipinski definition) is 0. The normalized spacial score (nSPS) is 13.3. The van der Waals surface area contributed by atoms with E-state index in [0.29, 0.717) is 0 Å². The van der Waals surface area contributed by atoms with Crippen LogP contribution in [0.15, 0.2) is 0 Å². The van der Waals surface area contributed by atoms with Gasteiger partial charge in [-0.05, 0) is 13.3 Å². The predicted octanol–water partition coefficient (Wildman–Crippen LogP) is 2.13. The maximum atomic E-state index is 10.6. The molecule has 0 aliphatic heterocycles. The summed E-state index contributed by atoms with van der Waals surface area (Å²) in [5, 5.41) is 0. The summed E-state index contributed by atoms with van der Waals surface area (Å²) < 4.78 is 4.76. The summed E-state index contributed by atoms with van der Waals surface area (Å²) in [6, 6.07) is 0. The monoisotopic (exact) mass is 184 g/mol. The fraction of sp³-hybridized carbons (Fsp3) is 0.833. The van der Waals surface area contributed by atoms with E-state index in [-0.39, 0.29) is 6.10 Å². The van der Waals surface area contributed by atoms with E-state index in [1.807, 2.05) is 6.92 Å². The summed E-state index contributed by atoms with van der Waals surface area (Å²) in [6.07, 6.45) is 0.666. The van der Waals surface area contributed by atoms with Gasteiger partial charge in [-0.1, -0.05) is 30.1 Å². The van der Waals surface area contributed by atoms with E-state index in [0.717, 1.165) is 6.42 Å². The van der Waals surface area contributed by atoms with E-state index in [1.54, 1.807) is 6.92 Å². The second kappa shape index (κ2) is 4.80. The van der Waals surface area contributed by atoms with Crippen molar-refractivity contribution >= 4 is 29.2 Å². The molecule has 60 valence electrons. The van der Waals surface area contributed by atoms with Gasteiger partial charge in [0.05, 0.1) is 6.10 Å². The summed E-state index contributed by atoms with van der Waals surface area (Å²) in [5.41, 5.74) is 0. The molecular formula is C6H10Cl2O2. The van der Waals surface area contributed by atoms with Gasteiger partial charge in [0.1, 0.15) is 0 Å². The van der Waals surface area contributed by atoms with E-state index in [9.17, 15) is 4.79 Å². The second-order valence-electron chi connectivity index (χ2n) is 1.96. The lowest BCUT2D eigenvalue weighted by molar-refractivity contribution is -0.146. The van der Waals surface area contributed by atoms with Crippen molar-refractivity contribution in [1.82, 2.24) is 0 Å². The molecule has 0 rings (SSSR count). The number of carbonyl (C=O) groups is 1. The van der Waals surface area contributed by atoms with Crippen molar-refractivity contribution in [3.8, 4) is 0 Å². The molecule has 0 amide bonds. The van der Waals surface area contributed by atoms with Crippen LogP contribution in [0.5, 0.6) is 0 Å². The van der Waals surface area contributed by atoms with E-state index in [1.165, 1.54) is 0 Å². The molecule has 4 heteroatoms. The first-order valence-electron chi connectivity index (χ1n) is 3.06. The van der Waals surface area contributed by atoms with Gasteiger partial charge in [0.15, 0.2) is 0 Å². The van der Waals surface area contributed by atoms with E-state index in [4.69, 9.17) is 27.9 Å². The molecule has 0 N–H and O–H groups in total. The minimum absolute atomic E-state index is 0.104. The molecule has 1 atom stereocenters. The van der Waals surface area contributed by atoms with Crippen LogP contribution < -0.4 is 0 Å². The molecule has 0 unspecified atom stereocenters. The molecule has 0 bridgehead atoms. The topological polar surface area (TPSA) is 26.3 Å². The highest BCUT2D eigenvalue weighted by Crippen LogP contribution is 2.06. The Morgan fingerprint density at radius 1 is 1.60 bits per heavy atom. The van der Waals surface area contributed by atoms with Crippen LogP contribution in [0.4, 0.5) is 0 Å². The van der Waals surface area contributed by atoms with Crippen molar-refractivity contribution < 1.29 is 9.53 Å². The van der Waals surface area contributed by atoms with Crippen molar-refractivity contribution in [3.63, 3.8) is 0 Å². The lowest BCUT2D eigenvalue weighted by atomic mass is 10.3. The highest BCUT2D eigenvalue weighted by atomic mass is 35.5. The third-order valence-electron chi connectivity index (χ3n) is 1.07. The standard InChI is InChI=1S/C6H10Cl2O2/c1-3-4(2)10-6(9)5(7)8/h4-5H,3H2,1-2H3/t4-/m1/s1. The summed E-state index contributed by atoms with van der Waals surface area (Å²) in [7, 11) is 0. The Kier molecular flexibility index (Phi) is 4.83. The van der Waals surface area contributed by atoms with E-state index in [2.05, 4.69) is 0 Å². The van der Waals surface area contributed by atoms with Crippen molar-refractivity contribution in [2.45, 2.75) is 31.2 Å². The molecule has 0 saturated carbocycles. The third kappa shape index (κ3) is 3.96. The first kappa shape index (κ1) is 10.0. The molecule has 0 aromatic heterocycles. The minimum atomic E-state index is -1.06. The Balaban J connectivity index is 3.57. The number of alkyl halides is 2. The van der Waals surface area contributed by atoms with Gasteiger partial charge in [-0.2, -0.15) is 0 Å². The predicted molar refractivity (Wildman–Crippen MR) is 41.3 cm³/mol. The Bertz CT molecular complexity index is 114. The Hall–Kier alpha value is 0.0500. The molecule has 2 nitrogen and oxygen atoms in total. The smallest absolute Gasteiger partial charge is 0.339 e. The van der Waals surface area contributed by atoms with E-state index >= 15 is 0 Å². The molecular weight excluding hydrogens is 175 g/mol. The first-order valence-corrected chi connectivity index (χ1v) is 3.93. The highest BCUT2D eigenvalue weighted by molar-refractivity contribution is 6.52. The van der Waals surface area contributed by atoms with Gasteiger partial charge < -0.3 is 4.74 Å². The van der Waals surface area contributed by atoms with Crippen molar-refractivity contribution in [2.24, 2.45) is 0 Å². The SMILES string of the molecule is CC[C@@H](C)OC(=O)C(Cl)Cl. The summed E-state index contributed by atoms with van der Waals surface area (Å²) >= 11 is 10.4. The van der Waals surface area contributed by atoms with Crippen LogP contribution in [-0.4, -0.2) is 16.9 Å². The third-order valence-corrected chi connectivity index (χ3v) is 1.43. The van der Waals surface area contributed by atoms with Crippen molar-refractivity contribution in [3.05, 3.63) is 0 Å². The largest absolute Gasteiger partial charge is 0.461 e. The minimum Gasteiger partial charge on any atom is -0.461 e. The lowest BCUT2D eigenvalue weighted by Crippen LogP contribution is -2.18. The molecule has 0 spiro atoms. The van der Waals surface area contributed by atoms with E-state index < -0.39 is 10.8 Å². The first-order chi connectivity index (χ1) is 4.57. The van der Waals surface area contributed by atoms with Crippen LogP contribution in [-0.2, 0) is 9.53 Å². The summed E-state index contributed by atoms with van der Waals surface area (Å²) in [6.45, 7) is 3.70. The quantitative estimate of drug-likeness (QED) is 0.497. The fourth-order valence-corrected chi connectivity index (χ4v) is 0.436. The zero-order valence-electron chi connectivity index (χ0n) is 5.93. The van der Waals surface area contributed by atoms with Crippen molar-refractivity contribution in [1.29, 1.82) is 0 Å². The van der Waals surface area contributed by atoms with Gasteiger partial charge in [0.2, 0.25) is 4.84 Å². The molecule has 0 aliphatic rings. The number of ether oxygens (including phenoxy) is 1. The molecule has 0 aliphatic carbocycles. The van der Waals surface area contributed by atoms with Crippen molar-refractivity contribution in [2.75, 3.05) is 0 Å². The second-order valence-corrected chi connectivity index (χ2v) is 3.05. The van der Waals surface area contributed by atoms with Crippen LogP contribution in [0.3, 0.4) is 0 Å². The number of esters is 1. The Morgan fingerprint density at radius 3 is 2.40 bits per heavy atom. The van der Waals surface area contributed by atoms with Gasteiger partial charge in [0, 0.05) is 0 Å². The average Bonchev–Trinajstić information content (AvgIpc) is 1.87. The zero-order chi connectivity index (χ0) is 8.15. The molecule has 0 heterocycles. The van der Waals surface area contributed by atoms with Crippen LogP contribution in [0.2, 0.25) is 0 Å². The number of carbonyl (C=O) groups excluding carboxylic acids is 1. The van der Waals surface area contributed by atoms with Gasteiger partial charge >= 0.3 is 5.97 Å². The summed E-state index contributed by atoms with van der Waals surface area (Å²) in [4.78, 5) is 9.56. The Morgan fingerprint density at radius 2 is 2.10 bits per heavy atom. The van der Waals surface area contributed by atoms with Gasteiger partial charge in [0.25, 0.3) is 0 Å². The van der Waals surface area contributed by atoms with Gasteiger partial charge in [-0.3, -0.25) is 0 Å². The van der Waals surface area contributed by atoms with Crippen LogP contribution in [0.25, 0.3) is 0 Å². The molecule has 0 saturated heterocycles. The molecule has 0 radical (unpaired) electrons. The maximum Gasteiger partial charge on any atom is 0.339 e. The van der Waals surface area contributed by atoms with Crippen LogP contribution in [0.1, 0.15) is 20.3 Å². The zero-order valence-corrected chi connectivity index (χ0v) is 7.45. The number of halogens is 2. The fourth-order valence-electron chi connectivity index (χ4n) is 0.333. The van der Waals surface area contributed by atoms with Crippen LogP contribution >= 0.6 is 23.2 Å². The molecule has 10 heavy (non-hydrogen) atoms. The van der Waals surface area contributed by atoms with Gasteiger partial charge in [-0.15, -0.1) is 0 Å². The highest BCUT2D eigenvalue weighted by Gasteiger charge is 2.14. The number of rotatable bonds is 3. The van der Waals surface area contributed by atoms with Gasteiger partial charge in [-0.25, -0.2) is 4.79 Å². The van der Waals surface area contributed by atoms with Crippen LogP contribution in [0, 0.1) is 0 Å². The Labute approximate surface area is 70.4 Å².